The molecule has 114 valence electrons. The molecule has 1 aromatic carbocycles. The number of nitrogens with zero attached hydrogens (tertiary/aromatic N) is 3. The summed E-state index contributed by atoms with van der Waals surface area (Å²) >= 11 is 0. The fraction of sp³-hybridized carbons (Fsp3) is 0.588. The first-order chi connectivity index (χ1) is 10.0. The van der Waals surface area contributed by atoms with Crippen LogP contribution >= 0.6 is 0 Å². The van der Waals surface area contributed by atoms with Crippen LogP contribution in [-0.2, 0) is 5.41 Å². The number of likely N-dealkylation sites (N-methyl/N-ethyl adjacent to an activating group) is 1. The number of amides is 2. The molecule has 2 amide bonds. The van der Waals surface area contributed by atoms with Crippen LogP contribution in [0.25, 0.3) is 0 Å². The fourth-order valence-electron chi connectivity index (χ4n) is 4.07. The van der Waals surface area contributed by atoms with Gasteiger partial charge in [0.05, 0.1) is 0 Å². The minimum absolute atomic E-state index is 0.136. The Balaban J connectivity index is 1.88. The largest absolute Gasteiger partial charge is 0.331 e. The molecule has 1 aromatic rings. The van der Waals surface area contributed by atoms with Crippen LogP contribution in [0, 0.1) is 0 Å². The van der Waals surface area contributed by atoms with Gasteiger partial charge in [-0.1, -0.05) is 30.3 Å². The Morgan fingerprint density at radius 1 is 1.19 bits per heavy atom. The van der Waals surface area contributed by atoms with Crippen LogP contribution < -0.4 is 0 Å². The predicted octanol–water partition coefficient (Wildman–Crippen LogP) is 2.02. The number of fused-ring (bicyclic) bond motifs is 1. The molecule has 0 spiro atoms. The molecule has 2 heterocycles. The SMILES string of the molecule is CN(C)C(=O)N1CC[C@@]2(c3ccccc3)CCN(C)[C@H]2C1. The quantitative estimate of drug-likeness (QED) is 0.790. The lowest BCUT2D eigenvalue weighted by atomic mass is 9.69. The summed E-state index contributed by atoms with van der Waals surface area (Å²) in [6, 6.07) is 11.4. The predicted molar refractivity (Wildman–Crippen MR) is 84.4 cm³/mol. The van der Waals surface area contributed by atoms with E-state index in [1.165, 1.54) is 12.0 Å². The van der Waals surface area contributed by atoms with Crippen molar-refractivity contribution in [3.05, 3.63) is 35.9 Å². The van der Waals surface area contributed by atoms with E-state index in [-0.39, 0.29) is 11.4 Å². The summed E-state index contributed by atoms with van der Waals surface area (Å²) < 4.78 is 0. The second kappa shape index (κ2) is 5.34. The average Bonchev–Trinajstić information content (AvgIpc) is 2.85. The van der Waals surface area contributed by atoms with Crippen molar-refractivity contribution in [2.24, 2.45) is 0 Å². The zero-order chi connectivity index (χ0) is 15.0. The summed E-state index contributed by atoms with van der Waals surface area (Å²) in [7, 11) is 5.86. The Hall–Kier alpha value is -1.55. The molecule has 0 unspecified atom stereocenters. The molecule has 2 aliphatic heterocycles. The van der Waals surface area contributed by atoms with Gasteiger partial charge < -0.3 is 14.7 Å². The molecule has 2 aliphatic rings. The van der Waals surface area contributed by atoms with Crippen LogP contribution in [0.15, 0.2) is 30.3 Å². The number of hydrogen-bond acceptors (Lipinski definition) is 2. The highest BCUT2D eigenvalue weighted by Gasteiger charge is 2.50. The van der Waals surface area contributed by atoms with Crippen molar-refractivity contribution >= 4 is 6.03 Å². The number of hydrogen-bond donors (Lipinski definition) is 0. The molecule has 21 heavy (non-hydrogen) atoms. The minimum Gasteiger partial charge on any atom is -0.331 e. The highest BCUT2D eigenvalue weighted by molar-refractivity contribution is 5.74. The maximum absolute atomic E-state index is 12.3. The smallest absolute Gasteiger partial charge is 0.319 e. The monoisotopic (exact) mass is 287 g/mol. The summed E-state index contributed by atoms with van der Waals surface area (Å²) in [6.45, 7) is 2.81. The fourth-order valence-corrected chi connectivity index (χ4v) is 4.07. The molecule has 0 aliphatic carbocycles. The van der Waals surface area contributed by atoms with Crippen LogP contribution in [0.1, 0.15) is 18.4 Å². The molecular formula is C17H25N3O. The second-order valence-electron chi connectivity index (χ2n) is 6.64. The zero-order valence-electron chi connectivity index (χ0n) is 13.2. The van der Waals surface area contributed by atoms with Crippen LogP contribution in [0.5, 0.6) is 0 Å². The van der Waals surface area contributed by atoms with Gasteiger partial charge in [-0.15, -0.1) is 0 Å². The number of carbonyl (C=O) groups is 1. The van der Waals surface area contributed by atoms with Crippen LogP contribution in [-0.4, -0.2) is 67.5 Å². The zero-order valence-corrected chi connectivity index (χ0v) is 13.2. The first-order valence-corrected chi connectivity index (χ1v) is 7.76. The average molecular weight is 287 g/mol. The molecule has 4 nitrogen and oxygen atoms in total. The first-order valence-electron chi connectivity index (χ1n) is 7.76. The summed E-state index contributed by atoms with van der Waals surface area (Å²) in [4.78, 5) is 18.4. The maximum atomic E-state index is 12.3. The van der Waals surface area contributed by atoms with E-state index in [9.17, 15) is 4.79 Å². The van der Waals surface area contributed by atoms with Crippen molar-refractivity contribution in [3.8, 4) is 0 Å². The van der Waals surface area contributed by atoms with Crippen LogP contribution in [0.3, 0.4) is 0 Å². The Morgan fingerprint density at radius 2 is 1.86 bits per heavy atom. The van der Waals surface area contributed by atoms with Gasteiger partial charge in [0.25, 0.3) is 0 Å². The number of piperidine rings is 1. The van der Waals surface area contributed by atoms with Gasteiger partial charge in [-0.3, -0.25) is 0 Å². The standard InChI is InChI=1S/C17H25N3O/c1-18(2)16(21)20-12-10-17(14-7-5-4-6-8-14)9-11-19(3)15(17)13-20/h4-8,15H,9-13H2,1-3H3/t15-,17+/m0/s1. The molecule has 0 N–H and O–H groups in total. The number of carbonyl (C=O) groups excluding carboxylic acids is 1. The molecule has 0 saturated carbocycles. The number of likely N-dealkylation sites (tertiary alicyclic amines) is 2. The first kappa shape index (κ1) is 14.4. The summed E-state index contributed by atoms with van der Waals surface area (Å²) in [5.74, 6) is 0. The Bertz CT molecular complexity index is 516. The molecule has 2 atom stereocenters. The van der Waals surface area contributed by atoms with Gasteiger partial charge in [0, 0.05) is 38.6 Å². The molecular weight excluding hydrogens is 262 g/mol. The molecule has 0 bridgehead atoms. The molecule has 2 saturated heterocycles. The van der Waals surface area contributed by atoms with E-state index in [4.69, 9.17) is 0 Å². The van der Waals surface area contributed by atoms with E-state index in [2.05, 4.69) is 42.3 Å². The van der Waals surface area contributed by atoms with Gasteiger partial charge in [0.15, 0.2) is 0 Å². The Kier molecular flexibility index (Phi) is 3.66. The molecule has 2 fully saturated rings. The van der Waals surface area contributed by atoms with E-state index >= 15 is 0 Å². The maximum Gasteiger partial charge on any atom is 0.319 e. The van der Waals surface area contributed by atoms with E-state index < -0.39 is 0 Å². The summed E-state index contributed by atoms with van der Waals surface area (Å²) in [5.41, 5.74) is 1.66. The Morgan fingerprint density at radius 3 is 2.52 bits per heavy atom. The third kappa shape index (κ3) is 2.31. The molecule has 3 rings (SSSR count). The van der Waals surface area contributed by atoms with Gasteiger partial charge in [-0.05, 0) is 32.0 Å². The van der Waals surface area contributed by atoms with E-state index in [0.717, 1.165) is 26.1 Å². The molecule has 0 aromatic heterocycles. The summed E-state index contributed by atoms with van der Waals surface area (Å²) in [5, 5.41) is 0. The van der Waals surface area contributed by atoms with Crippen molar-refractivity contribution in [1.82, 2.24) is 14.7 Å². The van der Waals surface area contributed by atoms with Gasteiger partial charge in [0.2, 0.25) is 0 Å². The molecule has 4 heteroatoms. The Labute approximate surface area is 127 Å². The van der Waals surface area contributed by atoms with Crippen molar-refractivity contribution in [2.45, 2.75) is 24.3 Å². The third-order valence-electron chi connectivity index (χ3n) is 5.30. The summed E-state index contributed by atoms with van der Waals surface area (Å²) in [6.07, 6.45) is 2.26. The topological polar surface area (TPSA) is 26.8 Å². The van der Waals surface area contributed by atoms with Crippen LogP contribution in [0.2, 0.25) is 0 Å². The normalized spacial score (nSPS) is 29.3. The van der Waals surface area contributed by atoms with Crippen LogP contribution in [0.4, 0.5) is 4.79 Å². The number of rotatable bonds is 1. The lowest BCUT2D eigenvalue weighted by Gasteiger charge is -2.46. The van der Waals surface area contributed by atoms with Crippen molar-refractivity contribution < 1.29 is 4.79 Å². The lowest BCUT2D eigenvalue weighted by Crippen LogP contribution is -2.57. The van der Waals surface area contributed by atoms with Gasteiger partial charge in [-0.25, -0.2) is 4.79 Å². The minimum atomic E-state index is 0.136. The van der Waals surface area contributed by atoms with Gasteiger partial charge >= 0.3 is 6.03 Å². The van der Waals surface area contributed by atoms with Gasteiger partial charge in [0.1, 0.15) is 0 Å². The van der Waals surface area contributed by atoms with Crippen molar-refractivity contribution in [1.29, 1.82) is 0 Å². The highest BCUT2D eigenvalue weighted by atomic mass is 16.2. The van der Waals surface area contributed by atoms with Crippen molar-refractivity contribution in [2.75, 3.05) is 40.8 Å². The van der Waals surface area contributed by atoms with E-state index in [1.54, 1.807) is 4.90 Å². The van der Waals surface area contributed by atoms with Crippen molar-refractivity contribution in [3.63, 3.8) is 0 Å². The lowest BCUT2D eigenvalue weighted by molar-refractivity contribution is 0.0982. The highest BCUT2D eigenvalue weighted by Crippen LogP contribution is 2.45. The number of benzene rings is 1. The van der Waals surface area contributed by atoms with E-state index in [1.807, 2.05) is 19.0 Å². The second-order valence-corrected chi connectivity index (χ2v) is 6.64. The molecule has 0 radical (unpaired) electrons. The number of urea groups is 1. The van der Waals surface area contributed by atoms with Gasteiger partial charge in [-0.2, -0.15) is 0 Å². The van der Waals surface area contributed by atoms with E-state index in [0.29, 0.717) is 6.04 Å². The third-order valence-corrected chi connectivity index (χ3v) is 5.30.